The molecule has 0 spiro atoms. The zero-order valence-corrected chi connectivity index (χ0v) is 13.3. The third kappa shape index (κ3) is 4.60. The molecule has 0 radical (unpaired) electrons. The third-order valence-corrected chi connectivity index (χ3v) is 3.80. The van der Waals surface area contributed by atoms with Crippen LogP contribution in [0.1, 0.15) is 31.9 Å². The average molecular weight is 286 g/mol. The number of hydrogen-bond acceptors (Lipinski definition) is 3. The third-order valence-electron chi connectivity index (χ3n) is 3.80. The Kier molecular flexibility index (Phi) is 5.81. The fourth-order valence-electron chi connectivity index (χ4n) is 2.34. The summed E-state index contributed by atoms with van der Waals surface area (Å²) in [6.45, 7) is 7.29. The molecule has 0 bridgehead atoms. The van der Waals surface area contributed by atoms with Gasteiger partial charge in [0.2, 0.25) is 0 Å². The van der Waals surface area contributed by atoms with Crippen molar-refractivity contribution >= 4 is 5.69 Å². The summed E-state index contributed by atoms with van der Waals surface area (Å²) in [7, 11) is 2.14. The Labute approximate surface area is 127 Å². The monoisotopic (exact) mass is 286 g/mol. The normalized spacial score (nSPS) is 12.3. The molecule has 1 atom stereocenters. The molecule has 4 nitrogen and oxygen atoms in total. The predicted octanol–water partition coefficient (Wildman–Crippen LogP) is 3.08. The SMILES string of the molecule is CCn1cc(C(C)NCCCN(C)c2ccccc2)cn1. The van der Waals surface area contributed by atoms with Gasteiger partial charge in [-0.3, -0.25) is 4.68 Å². The fourth-order valence-corrected chi connectivity index (χ4v) is 2.34. The van der Waals surface area contributed by atoms with Crippen molar-refractivity contribution in [3.8, 4) is 0 Å². The van der Waals surface area contributed by atoms with Gasteiger partial charge in [-0.15, -0.1) is 0 Å². The Morgan fingerprint density at radius 2 is 2.05 bits per heavy atom. The first kappa shape index (κ1) is 15.6. The molecule has 1 heterocycles. The number of nitrogens with zero attached hydrogens (tertiary/aromatic N) is 3. The molecule has 0 fully saturated rings. The van der Waals surface area contributed by atoms with Gasteiger partial charge in [-0.2, -0.15) is 5.10 Å². The van der Waals surface area contributed by atoms with Crippen LogP contribution in [0.15, 0.2) is 42.7 Å². The highest BCUT2D eigenvalue weighted by Gasteiger charge is 2.07. The van der Waals surface area contributed by atoms with Gasteiger partial charge in [0.1, 0.15) is 0 Å². The minimum atomic E-state index is 0.354. The number of aromatic nitrogens is 2. The molecule has 0 saturated heterocycles. The van der Waals surface area contributed by atoms with E-state index in [9.17, 15) is 0 Å². The molecule has 0 aliphatic carbocycles. The van der Waals surface area contributed by atoms with E-state index in [1.54, 1.807) is 0 Å². The molecule has 1 aromatic heterocycles. The van der Waals surface area contributed by atoms with Gasteiger partial charge in [-0.1, -0.05) is 18.2 Å². The van der Waals surface area contributed by atoms with Gasteiger partial charge in [-0.05, 0) is 38.9 Å². The Morgan fingerprint density at radius 1 is 1.29 bits per heavy atom. The lowest BCUT2D eigenvalue weighted by Gasteiger charge is -2.20. The van der Waals surface area contributed by atoms with Gasteiger partial charge in [0, 0.05) is 43.6 Å². The lowest BCUT2D eigenvalue weighted by Crippen LogP contribution is -2.25. The van der Waals surface area contributed by atoms with Crippen LogP contribution in [0.3, 0.4) is 0 Å². The van der Waals surface area contributed by atoms with E-state index in [4.69, 9.17) is 0 Å². The largest absolute Gasteiger partial charge is 0.375 e. The molecule has 1 N–H and O–H groups in total. The van der Waals surface area contributed by atoms with Crippen LogP contribution in [-0.2, 0) is 6.54 Å². The molecule has 1 aromatic carbocycles. The molecule has 1 unspecified atom stereocenters. The first-order chi connectivity index (χ1) is 10.2. The van der Waals surface area contributed by atoms with Crippen molar-refractivity contribution in [3.63, 3.8) is 0 Å². The van der Waals surface area contributed by atoms with Crippen LogP contribution < -0.4 is 10.2 Å². The minimum absolute atomic E-state index is 0.354. The fraction of sp³-hybridized carbons (Fsp3) is 0.471. The quantitative estimate of drug-likeness (QED) is 0.757. The van der Waals surface area contributed by atoms with Gasteiger partial charge in [0.15, 0.2) is 0 Å². The van der Waals surface area contributed by atoms with Crippen LogP contribution >= 0.6 is 0 Å². The number of rotatable bonds is 8. The van der Waals surface area contributed by atoms with Crippen molar-refractivity contribution in [1.82, 2.24) is 15.1 Å². The van der Waals surface area contributed by atoms with E-state index in [0.29, 0.717) is 6.04 Å². The topological polar surface area (TPSA) is 33.1 Å². The smallest absolute Gasteiger partial charge is 0.0537 e. The Balaban J connectivity index is 1.69. The zero-order chi connectivity index (χ0) is 15.1. The minimum Gasteiger partial charge on any atom is -0.375 e. The summed E-state index contributed by atoms with van der Waals surface area (Å²) in [5, 5.41) is 7.88. The van der Waals surface area contributed by atoms with Crippen LogP contribution in [0.2, 0.25) is 0 Å². The van der Waals surface area contributed by atoms with Crippen molar-refractivity contribution in [2.24, 2.45) is 0 Å². The van der Waals surface area contributed by atoms with Crippen LogP contribution in [-0.4, -0.2) is 29.9 Å². The van der Waals surface area contributed by atoms with E-state index in [0.717, 1.165) is 26.1 Å². The van der Waals surface area contributed by atoms with Crippen LogP contribution in [0, 0.1) is 0 Å². The summed E-state index contributed by atoms with van der Waals surface area (Å²) < 4.78 is 1.97. The summed E-state index contributed by atoms with van der Waals surface area (Å²) in [5.41, 5.74) is 2.53. The maximum atomic E-state index is 4.32. The highest BCUT2D eigenvalue weighted by atomic mass is 15.3. The van der Waals surface area contributed by atoms with Crippen molar-refractivity contribution in [1.29, 1.82) is 0 Å². The van der Waals surface area contributed by atoms with Crippen LogP contribution in [0.5, 0.6) is 0 Å². The summed E-state index contributed by atoms with van der Waals surface area (Å²) >= 11 is 0. The van der Waals surface area contributed by atoms with Gasteiger partial charge in [0.05, 0.1) is 6.20 Å². The van der Waals surface area contributed by atoms with Gasteiger partial charge >= 0.3 is 0 Å². The first-order valence-corrected chi connectivity index (χ1v) is 7.72. The molecular formula is C17H26N4. The molecule has 0 aliphatic heterocycles. The lowest BCUT2D eigenvalue weighted by molar-refractivity contribution is 0.557. The molecule has 2 rings (SSSR count). The summed E-state index contributed by atoms with van der Waals surface area (Å²) in [6, 6.07) is 10.9. The Hall–Kier alpha value is -1.81. The Morgan fingerprint density at radius 3 is 2.71 bits per heavy atom. The highest BCUT2D eigenvalue weighted by molar-refractivity contribution is 5.44. The Bertz CT molecular complexity index is 521. The van der Waals surface area contributed by atoms with E-state index in [1.807, 2.05) is 10.9 Å². The summed E-state index contributed by atoms with van der Waals surface area (Å²) in [5.74, 6) is 0. The second-order valence-electron chi connectivity index (χ2n) is 5.42. The van der Waals surface area contributed by atoms with Crippen LogP contribution in [0.25, 0.3) is 0 Å². The molecule has 21 heavy (non-hydrogen) atoms. The zero-order valence-electron chi connectivity index (χ0n) is 13.3. The number of aryl methyl sites for hydroxylation is 1. The summed E-state index contributed by atoms with van der Waals surface area (Å²) in [6.07, 6.45) is 5.20. The molecule has 0 saturated carbocycles. The van der Waals surface area contributed by atoms with E-state index < -0.39 is 0 Å². The van der Waals surface area contributed by atoms with E-state index in [2.05, 4.69) is 72.7 Å². The van der Waals surface area contributed by atoms with Gasteiger partial charge < -0.3 is 10.2 Å². The van der Waals surface area contributed by atoms with Crippen molar-refractivity contribution in [2.45, 2.75) is 32.9 Å². The molecule has 4 heteroatoms. The lowest BCUT2D eigenvalue weighted by atomic mass is 10.2. The van der Waals surface area contributed by atoms with E-state index >= 15 is 0 Å². The molecule has 0 amide bonds. The molecule has 114 valence electrons. The number of nitrogens with one attached hydrogen (secondary N) is 1. The standard InChI is InChI=1S/C17H26N4/c1-4-21-14-16(13-19-21)15(2)18-11-8-12-20(3)17-9-6-5-7-10-17/h5-7,9-10,13-15,18H,4,8,11-12H2,1-3H3. The number of para-hydroxylation sites is 1. The highest BCUT2D eigenvalue weighted by Crippen LogP contribution is 2.12. The van der Waals surface area contributed by atoms with Crippen molar-refractivity contribution in [2.75, 3.05) is 25.0 Å². The van der Waals surface area contributed by atoms with E-state index in [1.165, 1.54) is 11.3 Å². The number of anilines is 1. The van der Waals surface area contributed by atoms with Crippen LogP contribution in [0.4, 0.5) is 5.69 Å². The second-order valence-corrected chi connectivity index (χ2v) is 5.42. The molecular weight excluding hydrogens is 260 g/mol. The number of benzene rings is 1. The average Bonchev–Trinajstić information content (AvgIpc) is 3.01. The van der Waals surface area contributed by atoms with Crippen molar-refractivity contribution < 1.29 is 0 Å². The van der Waals surface area contributed by atoms with Gasteiger partial charge in [-0.25, -0.2) is 0 Å². The number of hydrogen-bond donors (Lipinski definition) is 1. The first-order valence-electron chi connectivity index (χ1n) is 7.72. The summed E-state index contributed by atoms with van der Waals surface area (Å²) in [4.78, 5) is 2.29. The maximum absolute atomic E-state index is 4.32. The second kappa shape index (κ2) is 7.84. The van der Waals surface area contributed by atoms with Gasteiger partial charge in [0.25, 0.3) is 0 Å². The maximum Gasteiger partial charge on any atom is 0.0537 e. The predicted molar refractivity (Wildman–Crippen MR) is 88.6 cm³/mol. The van der Waals surface area contributed by atoms with E-state index in [-0.39, 0.29) is 0 Å². The molecule has 0 aliphatic rings. The molecule has 2 aromatic rings. The van der Waals surface area contributed by atoms with Crippen molar-refractivity contribution in [3.05, 3.63) is 48.3 Å².